The van der Waals surface area contributed by atoms with E-state index in [-0.39, 0.29) is 16.7 Å². The van der Waals surface area contributed by atoms with Gasteiger partial charge in [-0.3, -0.25) is 14.3 Å². The summed E-state index contributed by atoms with van der Waals surface area (Å²) in [6, 6.07) is -0.348. The van der Waals surface area contributed by atoms with E-state index in [9.17, 15) is 13.8 Å². The van der Waals surface area contributed by atoms with Crippen LogP contribution in [0.25, 0.3) is 0 Å². The zero-order chi connectivity index (χ0) is 20.1. The Morgan fingerprint density at radius 3 is 2.19 bits per heavy atom. The quantitative estimate of drug-likeness (QED) is 0.593. The van der Waals surface area contributed by atoms with Crippen LogP contribution in [-0.4, -0.2) is 28.1 Å². The van der Waals surface area contributed by atoms with E-state index in [1.165, 1.54) is 11.4 Å². The Bertz CT molecular complexity index is 754. The average Bonchev–Trinajstić information content (AvgIpc) is 2.92. The summed E-state index contributed by atoms with van der Waals surface area (Å²) in [6.45, 7) is 7.66. The molecule has 10 heteroatoms. The third-order valence-electron chi connectivity index (χ3n) is 3.42. The van der Waals surface area contributed by atoms with Gasteiger partial charge in [0, 0.05) is 5.38 Å². The molecule has 0 saturated heterocycles. The fraction of sp³-hybridized carbons (Fsp3) is 0.625. The van der Waals surface area contributed by atoms with Crippen LogP contribution in [0.2, 0.25) is 4.34 Å². The van der Waals surface area contributed by atoms with Crippen LogP contribution in [0.3, 0.4) is 0 Å². The minimum Gasteiger partial charge on any atom is -0.320 e. The van der Waals surface area contributed by atoms with Gasteiger partial charge >= 0.3 is 0 Å². The Morgan fingerprint density at radius 2 is 1.73 bits per heavy atom. The van der Waals surface area contributed by atoms with E-state index in [4.69, 9.17) is 23.1 Å². The number of carbonyl (C=O) groups excluding carboxylic acids is 2. The highest BCUT2D eigenvalue weighted by Gasteiger charge is 2.25. The van der Waals surface area contributed by atoms with E-state index >= 15 is 0 Å². The largest absolute Gasteiger partial charge is 0.320 e. The van der Waals surface area contributed by atoms with E-state index in [2.05, 4.69) is 9.08 Å². The van der Waals surface area contributed by atoms with Crippen molar-refractivity contribution in [2.24, 2.45) is 27.7 Å². The van der Waals surface area contributed by atoms with Crippen LogP contribution >= 0.6 is 22.9 Å². The van der Waals surface area contributed by atoms with Crippen molar-refractivity contribution in [1.82, 2.24) is 4.72 Å². The first-order chi connectivity index (χ1) is 11.9. The Kier molecular flexibility index (Phi) is 8.68. The Balaban J connectivity index is 3.20. The normalized spacial score (nSPS) is 16.2. The molecule has 7 nitrogen and oxygen atoms in total. The highest BCUT2D eigenvalue weighted by atomic mass is 35.5. The summed E-state index contributed by atoms with van der Waals surface area (Å²) in [6.07, 6.45) is 0.801. The molecule has 5 N–H and O–H groups in total. The lowest BCUT2D eigenvalue weighted by molar-refractivity contribution is -0.120. The molecule has 1 aromatic heterocycles. The summed E-state index contributed by atoms with van der Waals surface area (Å²) in [5.41, 5.74) is 11.7. The topological polar surface area (TPSA) is 128 Å². The molecule has 2 amide bonds. The summed E-state index contributed by atoms with van der Waals surface area (Å²) in [5.74, 6) is -1.02. The second-order valence-corrected chi connectivity index (χ2v) is 10.4. The minimum absolute atomic E-state index is 0.155. The first-order valence-electron chi connectivity index (χ1n) is 8.32. The molecule has 0 aliphatic carbocycles. The van der Waals surface area contributed by atoms with Crippen molar-refractivity contribution >= 4 is 44.7 Å². The highest BCUT2D eigenvalue weighted by Crippen LogP contribution is 2.25. The Labute approximate surface area is 164 Å². The maximum atomic E-state index is 13.3. The van der Waals surface area contributed by atoms with Crippen LogP contribution < -0.4 is 16.2 Å². The van der Waals surface area contributed by atoms with E-state index in [0.717, 1.165) is 11.3 Å². The van der Waals surface area contributed by atoms with Crippen molar-refractivity contribution in [3.8, 4) is 0 Å². The summed E-state index contributed by atoms with van der Waals surface area (Å²) >= 11 is 7.03. The Morgan fingerprint density at radius 1 is 1.19 bits per heavy atom. The fourth-order valence-electron chi connectivity index (χ4n) is 2.20. The summed E-state index contributed by atoms with van der Waals surface area (Å²) in [4.78, 5) is 24.8. The number of nitrogens with zero attached hydrogens (tertiary/aromatic N) is 1. The van der Waals surface area contributed by atoms with E-state index in [1.807, 2.05) is 27.7 Å². The molecule has 26 heavy (non-hydrogen) atoms. The predicted molar refractivity (Wildman–Crippen MR) is 106 cm³/mol. The number of nitrogens with one attached hydrogen (secondary N) is 1. The number of halogens is 1. The molecule has 1 unspecified atom stereocenters. The number of hydrogen-bond acceptors (Lipinski definition) is 6. The van der Waals surface area contributed by atoms with Gasteiger partial charge in [-0.2, -0.15) is 0 Å². The third kappa shape index (κ3) is 6.96. The lowest BCUT2D eigenvalue weighted by atomic mass is 10.0. The number of hydrogen-bond donors (Lipinski definition) is 3. The van der Waals surface area contributed by atoms with Gasteiger partial charge in [0.2, 0.25) is 5.91 Å². The monoisotopic (exact) mass is 422 g/mol. The van der Waals surface area contributed by atoms with Gasteiger partial charge in [-0.15, -0.1) is 15.7 Å². The van der Waals surface area contributed by atoms with E-state index < -0.39 is 33.8 Å². The Hall–Kier alpha value is -1.00. The van der Waals surface area contributed by atoms with Crippen molar-refractivity contribution < 1.29 is 13.8 Å². The van der Waals surface area contributed by atoms with Gasteiger partial charge in [0.05, 0.1) is 21.3 Å². The van der Waals surface area contributed by atoms with Crippen molar-refractivity contribution in [1.29, 1.82) is 0 Å². The molecule has 0 aliphatic rings. The number of amides is 2. The standard InChI is InChI=1S/C16H27ClN4O3S2/c1-9(2)5-12(18)15(22)20-26(24,11-7-14(17)25-8-11)21-16(23)13(19)6-10(3)4/h7-10,12-13H,5-6,18-19H2,1-4H3,(H,20,21,22,23,24)/t12-,13-/m0/s1. The summed E-state index contributed by atoms with van der Waals surface area (Å²) < 4.78 is 19.8. The lowest BCUT2D eigenvalue weighted by Crippen LogP contribution is -2.44. The van der Waals surface area contributed by atoms with E-state index in [0.29, 0.717) is 17.2 Å². The van der Waals surface area contributed by atoms with Crippen molar-refractivity contribution in [2.45, 2.75) is 57.5 Å². The van der Waals surface area contributed by atoms with Gasteiger partial charge < -0.3 is 11.5 Å². The van der Waals surface area contributed by atoms with Gasteiger partial charge in [-0.25, -0.2) is 4.21 Å². The molecule has 0 aliphatic heterocycles. The van der Waals surface area contributed by atoms with Gasteiger partial charge in [-0.05, 0) is 30.7 Å². The van der Waals surface area contributed by atoms with Crippen LogP contribution in [-0.2, 0) is 19.5 Å². The van der Waals surface area contributed by atoms with Crippen molar-refractivity contribution in [3.63, 3.8) is 0 Å². The van der Waals surface area contributed by atoms with Crippen LogP contribution in [0.5, 0.6) is 0 Å². The zero-order valence-corrected chi connectivity index (χ0v) is 17.8. The molecule has 0 fully saturated rings. The number of carbonyl (C=O) groups is 2. The van der Waals surface area contributed by atoms with E-state index in [1.54, 1.807) is 0 Å². The number of thiophene rings is 1. The molecule has 0 saturated carbocycles. The number of rotatable bonds is 8. The molecule has 1 rings (SSSR count). The van der Waals surface area contributed by atoms with Gasteiger partial charge in [-0.1, -0.05) is 39.3 Å². The molecule has 1 heterocycles. The first-order valence-corrected chi connectivity index (χ1v) is 11.1. The second-order valence-electron chi connectivity index (χ2n) is 6.98. The van der Waals surface area contributed by atoms with Crippen LogP contribution in [0, 0.1) is 11.8 Å². The van der Waals surface area contributed by atoms with Gasteiger partial charge in [0.25, 0.3) is 5.91 Å². The molecule has 0 radical (unpaired) electrons. The van der Waals surface area contributed by atoms with Crippen LogP contribution in [0.4, 0.5) is 0 Å². The molecule has 148 valence electrons. The number of nitrogens with two attached hydrogens (primary N) is 2. The molecular weight excluding hydrogens is 396 g/mol. The predicted octanol–water partition coefficient (Wildman–Crippen LogP) is 2.53. The highest BCUT2D eigenvalue weighted by molar-refractivity contribution is 7.92. The summed E-state index contributed by atoms with van der Waals surface area (Å²) in [7, 11) is -3.57. The van der Waals surface area contributed by atoms with Gasteiger partial charge in [0.1, 0.15) is 0 Å². The van der Waals surface area contributed by atoms with Gasteiger partial charge in [0.15, 0.2) is 9.92 Å². The molecule has 0 spiro atoms. The molecule has 3 atom stereocenters. The van der Waals surface area contributed by atoms with Crippen LogP contribution in [0.15, 0.2) is 20.7 Å². The van der Waals surface area contributed by atoms with Crippen molar-refractivity contribution in [3.05, 3.63) is 15.8 Å². The zero-order valence-electron chi connectivity index (χ0n) is 15.4. The molecular formula is C16H27ClN4O3S2. The SMILES string of the molecule is CC(C)C[C@H](N)C(=O)N=S(=O)(NC(=O)[C@@H](N)CC(C)C)c1csc(Cl)c1. The molecule has 1 aromatic rings. The summed E-state index contributed by atoms with van der Waals surface area (Å²) in [5, 5.41) is 1.49. The minimum atomic E-state index is -3.57. The third-order valence-corrected chi connectivity index (χ3v) is 6.45. The molecule has 0 bridgehead atoms. The average molecular weight is 423 g/mol. The first kappa shape index (κ1) is 23.0. The smallest absolute Gasteiger partial charge is 0.272 e. The van der Waals surface area contributed by atoms with Crippen molar-refractivity contribution in [2.75, 3.05) is 0 Å². The maximum Gasteiger partial charge on any atom is 0.272 e. The molecule has 0 aromatic carbocycles. The fourth-order valence-corrected chi connectivity index (χ4v) is 5.11. The second kappa shape index (κ2) is 9.80. The van der Waals surface area contributed by atoms with Crippen LogP contribution in [0.1, 0.15) is 40.5 Å². The maximum absolute atomic E-state index is 13.3. The lowest BCUT2D eigenvalue weighted by Gasteiger charge is -2.17.